The van der Waals surface area contributed by atoms with Gasteiger partial charge >= 0.3 is 23.1 Å². The molecule has 1 rings (SSSR count). The minimum Gasteiger partial charge on any atom is -1.00 e. The molecule has 0 aromatic heterocycles. The van der Waals surface area contributed by atoms with E-state index in [0.717, 1.165) is 0 Å². The molecule has 0 aliphatic carbocycles. The van der Waals surface area contributed by atoms with E-state index in [0.29, 0.717) is 6.67 Å². The monoisotopic (exact) mass is 96.0 g/mol. The van der Waals surface area contributed by atoms with E-state index in [1.165, 1.54) is 0 Å². The third kappa shape index (κ3) is 1.41. The Morgan fingerprint density at radius 1 is 1.17 bits per heavy atom. The molecule has 4 nitrogen and oxygen atoms in total. The van der Waals surface area contributed by atoms with E-state index in [9.17, 15) is 0 Å². The van der Waals surface area contributed by atoms with Crippen LogP contribution in [0.4, 0.5) is 0 Å². The second kappa shape index (κ2) is 3.17. The summed E-state index contributed by atoms with van der Waals surface area (Å²) in [5.74, 6) is 0. The molecule has 1 aliphatic rings. The van der Waals surface area contributed by atoms with Gasteiger partial charge in [0.05, 0.1) is 0 Å². The van der Waals surface area contributed by atoms with E-state index in [1.807, 2.05) is 0 Å². The summed E-state index contributed by atoms with van der Waals surface area (Å²) in [6.45, 7) is 0.417. The predicted molar refractivity (Wildman–Crippen MR) is 22.6 cm³/mol. The van der Waals surface area contributed by atoms with Crippen LogP contribution in [0, 0.1) is 0 Å². The molecule has 6 heavy (non-hydrogen) atoms. The van der Waals surface area contributed by atoms with Crippen molar-refractivity contribution in [1.82, 2.24) is 0 Å². The smallest absolute Gasteiger partial charge is 1.00 e. The van der Waals surface area contributed by atoms with Crippen LogP contribution in [-0.4, -0.2) is 29.7 Å². The standard InChI is InChI=1S/CH2N4.Mg.2H/c1-2-4-5-3-1;;;/h1H2;;;/q;+2;2*-1. The van der Waals surface area contributed by atoms with E-state index in [1.54, 1.807) is 0 Å². The molecule has 0 saturated carbocycles. The van der Waals surface area contributed by atoms with E-state index in [4.69, 9.17) is 0 Å². The molecule has 0 N–H and O–H groups in total. The average Bonchev–Trinajstić information content (AvgIpc) is 1.76. The van der Waals surface area contributed by atoms with Crippen molar-refractivity contribution in [3.05, 3.63) is 0 Å². The van der Waals surface area contributed by atoms with Gasteiger partial charge in [-0.2, -0.15) is 0 Å². The van der Waals surface area contributed by atoms with Gasteiger partial charge in [0.15, 0.2) is 6.67 Å². The topological polar surface area (TPSA) is 49.4 Å². The van der Waals surface area contributed by atoms with Gasteiger partial charge in [0, 0.05) is 0 Å². The van der Waals surface area contributed by atoms with Gasteiger partial charge in [-0.25, -0.2) is 0 Å². The third-order valence-corrected chi connectivity index (χ3v) is 0.293. The van der Waals surface area contributed by atoms with Crippen LogP contribution in [0.25, 0.3) is 0 Å². The van der Waals surface area contributed by atoms with Gasteiger partial charge < -0.3 is 2.85 Å². The van der Waals surface area contributed by atoms with Gasteiger partial charge in [0.1, 0.15) is 0 Å². The Morgan fingerprint density at radius 3 is 1.83 bits per heavy atom. The van der Waals surface area contributed by atoms with Crippen molar-refractivity contribution in [2.45, 2.75) is 0 Å². The van der Waals surface area contributed by atoms with Crippen LogP contribution in [0.2, 0.25) is 0 Å². The van der Waals surface area contributed by atoms with E-state index in [-0.39, 0.29) is 25.9 Å². The number of nitrogens with zero attached hydrogens (tertiary/aromatic N) is 4. The Bertz CT molecular complexity index is 72.1. The summed E-state index contributed by atoms with van der Waals surface area (Å²) < 4.78 is 0. The van der Waals surface area contributed by atoms with Crippen LogP contribution in [0.1, 0.15) is 2.85 Å². The zero-order chi connectivity index (χ0) is 3.54. The molecular formula is CH4MgN4. The van der Waals surface area contributed by atoms with E-state index < -0.39 is 0 Å². The molecule has 0 spiro atoms. The molecule has 1 aliphatic heterocycles. The minimum absolute atomic E-state index is 0. The van der Waals surface area contributed by atoms with Gasteiger partial charge in [-0.1, -0.05) is 0 Å². The fraction of sp³-hybridized carbons (Fsp3) is 1.00. The van der Waals surface area contributed by atoms with Crippen LogP contribution >= 0.6 is 0 Å². The first-order valence-electron chi connectivity index (χ1n) is 1.23. The molecule has 0 radical (unpaired) electrons. The molecule has 0 aromatic carbocycles. The summed E-state index contributed by atoms with van der Waals surface area (Å²) >= 11 is 0. The number of hydrogen-bond donors (Lipinski definition) is 0. The molecule has 0 bridgehead atoms. The largest absolute Gasteiger partial charge is 2.00 e. The molecule has 0 atom stereocenters. The van der Waals surface area contributed by atoms with Crippen LogP contribution in [0.15, 0.2) is 20.7 Å². The molecule has 1 heterocycles. The Hall–Kier alpha value is -0.0338. The van der Waals surface area contributed by atoms with Gasteiger partial charge in [0.2, 0.25) is 0 Å². The SMILES string of the molecule is C1N=NN=N1.[H-].[H-].[Mg+2]. The molecular weight excluding hydrogens is 92.3 g/mol. The Morgan fingerprint density at radius 2 is 1.67 bits per heavy atom. The van der Waals surface area contributed by atoms with E-state index in [2.05, 4.69) is 20.7 Å². The predicted octanol–water partition coefficient (Wildman–Crippen LogP) is 0.621. The Labute approximate surface area is 53.8 Å². The second-order valence-corrected chi connectivity index (χ2v) is 0.603. The zero-order valence-corrected chi connectivity index (χ0v) is 4.62. The van der Waals surface area contributed by atoms with Crippen molar-refractivity contribution in [3.63, 3.8) is 0 Å². The zero-order valence-electron chi connectivity index (χ0n) is 5.20. The van der Waals surface area contributed by atoms with Crippen LogP contribution in [0.5, 0.6) is 0 Å². The maximum atomic E-state index is 3.38. The van der Waals surface area contributed by atoms with Gasteiger partial charge in [-0.3, -0.25) is 0 Å². The molecule has 30 valence electrons. The maximum Gasteiger partial charge on any atom is 2.00 e. The minimum atomic E-state index is 0. The first kappa shape index (κ1) is 5.97. The molecule has 0 fully saturated rings. The summed E-state index contributed by atoms with van der Waals surface area (Å²) in [5, 5.41) is 13.1. The third-order valence-electron chi connectivity index (χ3n) is 0.293. The number of hydrogen-bond acceptors (Lipinski definition) is 4. The van der Waals surface area contributed by atoms with Crippen molar-refractivity contribution < 1.29 is 2.85 Å². The molecule has 5 heteroatoms. The van der Waals surface area contributed by atoms with Gasteiger partial charge in [-0.15, -0.1) is 10.2 Å². The summed E-state index contributed by atoms with van der Waals surface area (Å²) in [5.41, 5.74) is 0. The summed E-state index contributed by atoms with van der Waals surface area (Å²) in [7, 11) is 0. The molecule has 0 unspecified atom stereocenters. The van der Waals surface area contributed by atoms with Crippen molar-refractivity contribution in [1.29, 1.82) is 0 Å². The molecule has 0 saturated heterocycles. The van der Waals surface area contributed by atoms with Crippen LogP contribution < -0.4 is 0 Å². The number of rotatable bonds is 0. The quantitative estimate of drug-likeness (QED) is 0.397. The average molecular weight is 96.4 g/mol. The fourth-order valence-electron chi connectivity index (χ4n) is 0.141. The Kier molecular flexibility index (Phi) is 3.15. The van der Waals surface area contributed by atoms with Crippen molar-refractivity contribution in [2.75, 3.05) is 6.67 Å². The van der Waals surface area contributed by atoms with Crippen molar-refractivity contribution in [2.24, 2.45) is 20.7 Å². The molecule has 0 amide bonds. The normalized spacial score (nSPS) is 14.7. The fourth-order valence-corrected chi connectivity index (χ4v) is 0.141. The summed E-state index contributed by atoms with van der Waals surface area (Å²) in [4.78, 5) is 0. The van der Waals surface area contributed by atoms with Crippen molar-refractivity contribution >= 4 is 23.1 Å². The van der Waals surface area contributed by atoms with Crippen molar-refractivity contribution in [3.8, 4) is 0 Å². The second-order valence-electron chi connectivity index (χ2n) is 0.603. The van der Waals surface area contributed by atoms with Gasteiger partial charge in [-0.05, 0) is 10.4 Å². The first-order chi connectivity index (χ1) is 2.50. The van der Waals surface area contributed by atoms with E-state index >= 15 is 0 Å². The van der Waals surface area contributed by atoms with Gasteiger partial charge in [0.25, 0.3) is 0 Å². The summed E-state index contributed by atoms with van der Waals surface area (Å²) in [6.07, 6.45) is 0. The Balaban J connectivity index is -0.0000000833. The van der Waals surface area contributed by atoms with Crippen LogP contribution in [0.3, 0.4) is 0 Å². The maximum absolute atomic E-state index is 3.38. The summed E-state index contributed by atoms with van der Waals surface area (Å²) in [6, 6.07) is 0. The van der Waals surface area contributed by atoms with Crippen LogP contribution in [-0.2, 0) is 0 Å². The first-order valence-corrected chi connectivity index (χ1v) is 1.23. The molecule has 0 aromatic rings.